The molecule has 0 fully saturated rings. The quantitative estimate of drug-likeness (QED) is 0.753. The molecule has 6 heteroatoms. The Morgan fingerprint density at radius 1 is 1.21 bits per heavy atom. The summed E-state index contributed by atoms with van der Waals surface area (Å²) in [6.07, 6.45) is 3.09. The average molecular weight is 322 g/mol. The normalized spacial score (nSPS) is 10.6. The number of hydrogen-bond donors (Lipinski definition) is 2. The van der Waals surface area contributed by atoms with Crippen LogP contribution in [0.25, 0.3) is 5.69 Å². The number of aliphatic hydroxyl groups excluding tert-OH is 1. The van der Waals surface area contributed by atoms with Crippen molar-refractivity contribution in [3.8, 4) is 5.69 Å². The van der Waals surface area contributed by atoms with Crippen molar-refractivity contribution in [3.05, 3.63) is 77.4 Å². The van der Waals surface area contributed by atoms with Crippen molar-refractivity contribution in [3.63, 3.8) is 0 Å². The minimum Gasteiger partial charge on any atom is -0.392 e. The van der Waals surface area contributed by atoms with E-state index in [1.807, 2.05) is 43.3 Å². The number of nitrogens with one attached hydrogen (secondary N) is 1. The van der Waals surface area contributed by atoms with Crippen molar-refractivity contribution in [1.29, 1.82) is 0 Å². The Morgan fingerprint density at radius 3 is 2.67 bits per heavy atom. The standard InChI is InChI=1S/C18H18N4O2/c1-13-8-14(6-7-17(13)22-12-19-11-21-22)18(24)20-9-15-4-2-3-5-16(15)10-23/h2-8,11-12,23H,9-10H2,1H3,(H,20,24). The molecule has 1 amide bonds. The maximum Gasteiger partial charge on any atom is 0.251 e. The third-order valence-electron chi connectivity index (χ3n) is 3.85. The lowest BCUT2D eigenvalue weighted by Crippen LogP contribution is -2.23. The van der Waals surface area contributed by atoms with Crippen molar-refractivity contribution in [1.82, 2.24) is 20.1 Å². The molecular weight excluding hydrogens is 304 g/mol. The molecule has 6 nitrogen and oxygen atoms in total. The predicted molar refractivity (Wildman–Crippen MR) is 89.6 cm³/mol. The first-order chi connectivity index (χ1) is 11.7. The Labute approximate surface area is 139 Å². The topological polar surface area (TPSA) is 80.0 Å². The summed E-state index contributed by atoms with van der Waals surface area (Å²) in [6, 6.07) is 12.9. The molecule has 0 spiro atoms. The summed E-state index contributed by atoms with van der Waals surface area (Å²) in [5, 5.41) is 16.3. The van der Waals surface area contributed by atoms with E-state index >= 15 is 0 Å². The van der Waals surface area contributed by atoms with Gasteiger partial charge in [0.2, 0.25) is 0 Å². The van der Waals surface area contributed by atoms with E-state index in [4.69, 9.17) is 0 Å². The second-order valence-corrected chi connectivity index (χ2v) is 5.45. The van der Waals surface area contributed by atoms with Gasteiger partial charge in [-0.05, 0) is 41.8 Å². The Morgan fingerprint density at radius 2 is 2.00 bits per heavy atom. The third kappa shape index (κ3) is 3.33. The number of aromatic nitrogens is 3. The SMILES string of the molecule is Cc1cc(C(=O)NCc2ccccc2CO)ccc1-n1cncn1. The maximum absolute atomic E-state index is 12.4. The van der Waals surface area contributed by atoms with E-state index in [0.29, 0.717) is 12.1 Å². The van der Waals surface area contributed by atoms with Crippen molar-refractivity contribution in [2.45, 2.75) is 20.1 Å². The zero-order valence-electron chi connectivity index (χ0n) is 13.3. The molecule has 0 atom stereocenters. The Balaban J connectivity index is 1.72. The molecule has 0 bridgehead atoms. The van der Waals surface area contributed by atoms with Crippen LogP contribution in [0.1, 0.15) is 27.0 Å². The number of benzene rings is 2. The van der Waals surface area contributed by atoms with Crippen LogP contribution in [0.4, 0.5) is 0 Å². The van der Waals surface area contributed by atoms with Crippen LogP contribution in [0.5, 0.6) is 0 Å². The van der Waals surface area contributed by atoms with E-state index in [1.54, 1.807) is 17.1 Å². The molecule has 0 unspecified atom stereocenters. The summed E-state index contributed by atoms with van der Waals surface area (Å²) in [4.78, 5) is 16.3. The summed E-state index contributed by atoms with van der Waals surface area (Å²) in [5.41, 5.74) is 4.12. The Kier molecular flexibility index (Phi) is 4.67. The van der Waals surface area contributed by atoms with Crippen LogP contribution in [-0.2, 0) is 13.2 Å². The highest BCUT2D eigenvalue weighted by molar-refractivity contribution is 5.94. The number of hydrogen-bond acceptors (Lipinski definition) is 4. The van der Waals surface area contributed by atoms with Gasteiger partial charge in [0.1, 0.15) is 12.7 Å². The number of carbonyl (C=O) groups is 1. The monoisotopic (exact) mass is 322 g/mol. The summed E-state index contributed by atoms with van der Waals surface area (Å²) < 4.78 is 1.66. The molecule has 3 aromatic rings. The molecule has 0 aliphatic rings. The van der Waals surface area contributed by atoms with Gasteiger partial charge < -0.3 is 10.4 Å². The Bertz CT molecular complexity index is 844. The van der Waals surface area contributed by atoms with Crippen LogP contribution in [0.3, 0.4) is 0 Å². The van der Waals surface area contributed by atoms with E-state index < -0.39 is 0 Å². The van der Waals surface area contributed by atoms with Gasteiger partial charge in [-0.1, -0.05) is 24.3 Å². The fourth-order valence-corrected chi connectivity index (χ4v) is 2.55. The first-order valence-electron chi connectivity index (χ1n) is 7.60. The van der Waals surface area contributed by atoms with Crippen molar-refractivity contribution < 1.29 is 9.90 Å². The van der Waals surface area contributed by atoms with E-state index in [0.717, 1.165) is 22.4 Å². The minimum absolute atomic E-state index is 0.0439. The summed E-state index contributed by atoms with van der Waals surface area (Å²) in [5.74, 6) is -0.156. The van der Waals surface area contributed by atoms with Crippen LogP contribution in [0.15, 0.2) is 55.1 Å². The third-order valence-corrected chi connectivity index (χ3v) is 3.85. The highest BCUT2D eigenvalue weighted by atomic mass is 16.3. The molecule has 0 saturated carbocycles. The highest BCUT2D eigenvalue weighted by Crippen LogP contribution is 2.15. The molecule has 24 heavy (non-hydrogen) atoms. The van der Waals surface area contributed by atoms with E-state index in [-0.39, 0.29) is 12.5 Å². The lowest BCUT2D eigenvalue weighted by molar-refractivity contribution is 0.0950. The zero-order valence-corrected chi connectivity index (χ0v) is 13.3. The van der Waals surface area contributed by atoms with E-state index in [2.05, 4.69) is 15.4 Å². The van der Waals surface area contributed by atoms with Crippen LogP contribution in [0, 0.1) is 6.92 Å². The summed E-state index contributed by atoms with van der Waals surface area (Å²) >= 11 is 0. The molecule has 0 saturated heterocycles. The molecule has 3 rings (SSSR count). The van der Waals surface area contributed by atoms with Gasteiger partial charge in [0.15, 0.2) is 0 Å². The van der Waals surface area contributed by atoms with Crippen molar-refractivity contribution in [2.75, 3.05) is 0 Å². The first-order valence-corrected chi connectivity index (χ1v) is 7.60. The number of carbonyl (C=O) groups excluding carboxylic acids is 1. The molecule has 0 aliphatic heterocycles. The second kappa shape index (κ2) is 7.06. The molecule has 2 N–H and O–H groups in total. The van der Waals surface area contributed by atoms with Crippen molar-refractivity contribution >= 4 is 5.91 Å². The minimum atomic E-state index is -0.156. The molecule has 122 valence electrons. The lowest BCUT2D eigenvalue weighted by atomic mass is 10.1. The maximum atomic E-state index is 12.4. The van der Waals surface area contributed by atoms with Crippen LogP contribution >= 0.6 is 0 Å². The summed E-state index contributed by atoms with van der Waals surface area (Å²) in [7, 11) is 0. The number of aliphatic hydroxyl groups is 1. The second-order valence-electron chi connectivity index (χ2n) is 5.45. The first kappa shape index (κ1) is 15.9. The number of rotatable bonds is 5. The largest absolute Gasteiger partial charge is 0.392 e. The van der Waals surface area contributed by atoms with Gasteiger partial charge in [-0.2, -0.15) is 5.10 Å². The zero-order chi connectivity index (χ0) is 16.9. The lowest BCUT2D eigenvalue weighted by Gasteiger charge is -2.11. The smallest absolute Gasteiger partial charge is 0.251 e. The predicted octanol–water partition coefficient (Wildman–Crippen LogP) is 2.00. The Hall–Kier alpha value is -2.99. The van der Waals surface area contributed by atoms with E-state index in [1.165, 1.54) is 6.33 Å². The van der Waals surface area contributed by atoms with Gasteiger partial charge in [-0.25, -0.2) is 9.67 Å². The molecule has 0 radical (unpaired) electrons. The molecule has 0 aliphatic carbocycles. The molecule has 1 aromatic heterocycles. The molecular formula is C18H18N4O2. The van der Waals surface area contributed by atoms with Gasteiger partial charge in [-0.15, -0.1) is 0 Å². The average Bonchev–Trinajstić information content (AvgIpc) is 3.14. The van der Waals surface area contributed by atoms with E-state index in [9.17, 15) is 9.90 Å². The van der Waals surface area contributed by atoms with Gasteiger partial charge in [0.05, 0.1) is 12.3 Å². The molecule has 2 aromatic carbocycles. The van der Waals surface area contributed by atoms with Gasteiger partial charge in [0, 0.05) is 12.1 Å². The van der Waals surface area contributed by atoms with Crippen molar-refractivity contribution in [2.24, 2.45) is 0 Å². The van der Waals surface area contributed by atoms with Gasteiger partial charge >= 0.3 is 0 Å². The number of nitrogens with zero attached hydrogens (tertiary/aromatic N) is 3. The summed E-state index contributed by atoms with van der Waals surface area (Å²) in [6.45, 7) is 2.26. The number of aryl methyl sites for hydroxylation is 1. The van der Waals surface area contributed by atoms with Gasteiger partial charge in [-0.3, -0.25) is 4.79 Å². The highest BCUT2D eigenvalue weighted by Gasteiger charge is 2.10. The number of amides is 1. The van der Waals surface area contributed by atoms with Gasteiger partial charge in [0.25, 0.3) is 5.91 Å². The van der Waals surface area contributed by atoms with Crippen LogP contribution < -0.4 is 5.32 Å². The molecule has 1 heterocycles. The fraction of sp³-hybridized carbons (Fsp3) is 0.167. The van der Waals surface area contributed by atoms with Crippen LogP contribution in [0.2, 0.25) is 0 Å². The van der Waals surface area contributed by atoms with Crippen LogP contribution in [-0.4, -0.2) is 25.8 Å². The fourth-order valence-electron chi connectivity index (χ4n) is 2.55.